The van der Waals surface area contributed by atoms with E-state index >= 15 is 0 Å². The first-order chi connectivity index (χ1) is 16.7. The van der Waals surface area contributed by atoms with Gasteiger partial charge >= 0.3 is 0 Å². The summed E-state index contributed by atoms with van der Waals surface area (Å²) in [6.07, 6.45) is 9.85. The third kappa shape index (κ3) is 4.92. The molecule has 0 spiro atoms. The van der Waals surface area contributed by atoms with Crippen LogP contribution in [0, 0.1) is 0 Å². The van der Waals surface area contributed by atoms with Crippen molar-refractivity contribution in [3.05, 3.63) is 67.0 Å². The van der Waals surface area contributed by atoms with Gasteiger partial charge in [0.15, 0.2) is 0 Å². The van der Waals surface area contributed by atoms with E-state index in [0.29, 0.717) is 12.0 Å². The lowest BCUT2D eigenvalue weighted by molar-refractivity contribution is 0.111. The van der Waals surface area contributed by atoms with Crippen LogP contribution in [-0.4, -0.2) is 32.3 Å². The van der Waals surface area contributed by atoms with Gasteiger partial charge in [-0.25, -0.2) is 4.98 Å². The largest absolute Gasteiger partial charge is 0.393 e. The van der Waals surface area contributed by atoms with Crippen LogP contribution in [0.15, 0.2) is 67.0 Å². The second kappa shape index (κ2) is 10.3. The van der Waals surface area contributed by atoms with Gasteiger partial charge in [-0.1, -0.05) is 43.7 Å². The minimum atomic E-state index is -0.178. The second-order valence-corrected chi connectivity index (χ2v) is 9.19. The van der Waals surface area contributed by atoms with Crippen molar-refractivity contribution in [2.45, 2.75) is 57.6 Å². The molecule has 0 amide bonds. The smallest absolute Gasteiger partial charge is 0.224 e. The highest BCUT2D eigenvalue weighted by atomic mass is 16.3. The average Bonchev–Trinajstić information content (AvgIpc) is 3.25. The number of benzene rings is 2. The Morgan fingerprint density at radius 1 is 0.971 bits per heavy atom. The zero-order valence-corrected chi connectivity index (χ0v) is 19.7. The first-order valence-electron chi connectivity index (χ1n) is 12.4. The van der Waals surface area contributed by atoms with E-state index in [0.717, 1.165) is 78.6 Å². The van der Waals surface area contributed by atoms with Crippen molar-refractivity contribution in [3.8, 4) is 11.1 Å². The molecule has 0 atom stereocenters. The third-order valence-corrected chi connectivity index (χ3v) is 6.70. The van der Waals surface area contributed by atoms with Crippen molar-refractivity contribution >= 4 is 28.4 Å². The standard InChI is InChI=1S/C28H33N5O/c1-2-3-17-29-28-30-18-25-26(19-33(27(25)32-28)23-13-15-24(34)16-14-23)20-9-11-22(12-10-20)31-21-7-5-4-6-8-21/h4-12,18-19,23-24,31,34H,2-3,13-17H2,1H3,(H,29,30,32). The number of nitrogens with one attached hydrogen (secondary N) is 2. The first-order valence-corrected chi connectivity index (χ1v) is 12.4. The second-order valence-electron chi connectivity index (χ2n) is 9.19. The number of fused-ring (bicyclic) bond motifs is 1. The fraction of sp³-hybridized carbons (Fsp3) is 0.357. The number of anilines is 3. The van der Waals surface area contributed by atoms with E-state index in [1.165, 1.54) is 0 Å². The molecule has 4 aromatic rings. The summed E-state index contributed by atoms with van der Waals surface area (Å²) in [5.74, 6) is 0.685. The molecule has 1 fully saturated rings. The maximum Gasteiger partial charge on any atom is 0.224 e. The van der Waals surface area contributed by atoms with Crippen molar-refractivity contribution in [2.75, 3.05) is 17.2 Å². The monoisotopic (exact) mass is 455 g/mol. The van der Waals surface area contributed by atoms with Crippen LogP contribution in [0.1, 0.15) is 51.5 Å². The van der Waals surface area contributed by atoms with Gasteiger partial charge in [0.05, 0.1) is 6.10 Å². The Hall–Kier alpha value is -3.38. The van der Waals surface area contributed by atoms with E-state index in [2.05, 4.69) is 69.7 Å². The third-order valence-electron chi connectivity index (χ3n) is 6.70. The maximum absolute atomic E-state index is 10.0. The van der Waals surface area contributed by atoms with Crippen LogP contribution in [0.2, 0.25) is 0 Å². The van der Waals surface area contributed by atoms with Gasteiger partial charge in [0.1, 0.15) is 5.65 Å². The Kier molecular flexibility index (Phi) is 6.77. The van der Waals surface area contributed by atoms with E-state index < -0.39 is 0 Å². The minimum Gasteiger partial charge on any atom is -0.393 e. The van der Waals surface area contributed by atoms with Crippen LogP contribution in [0.5, 0.6) is 0 Å². The number of aromatic nitrogens is 3. The number of unbranched alkanes of at least 4 members (excludes halogenated alkanes) is 1. The van der Waals surface area contributed by atoms with Crippen LogP contribution < -0.4 is 10.6 Å². The lowest BCUT2D eigenvalue weighted by Gasteiger charge is -2.27. The number of para-hydroxylation sites is 1. The Labute approximate surface area is 201 Å². The number of hydrogen-bond donors (Lipinski definition) is 3. The topological polar surface area (TPSA) is 75.0 Å². The van der Waals surface area contributed by atoms with Crippen molar-refractivity contribution < 1.29 is 5.11 Å². The zero-order valence-electron chi connectivity index (χ0n) is 19.7. The Balaban J connectivity index is 1.47. The molecule has 5 rings (SSSR count). The number of aliphatic hydroxyl groups is 1. The molecule has 34 heavy (non-hydrogen) atoms. The lowest BCUT2D eigenvalue weighted by atomic mass is 9.93. The van der Waals surface area contributed by atoms with Crippen molar-refractivity contribution in [1.29, 1.82) is 0 Å². The van der Waals surface area contributed by atoms with E-state index in [9.17, 15) is 5.11 Å². The van der Waals surface area contributed by atoms with Crippen LogP contribution in [-0.2, 0) is 0 Å². The summed E-state index contributed by atoms with van der Waals surface area (Å²) in [5, 5.41) is 17.9. The minimum absolute atomic E-state index is 0.178. The molecular weight excluding hydrogens is 422 g/mol. The van der Waals surface area contributed by atoms with Crippen LogP contribution in [0.25, 0.3) is 22.2 Å². The van der Waals surface area contributed by atoms with E-state index in [4.69, 9.17) is 4.98 Å². The number of nitrogens with zero attached hydrogens (tertiary/aromatic N) is 3. The van der Waals surface area contributed by atoms with Gasteiger partial charge in [-0.15, -0.1) is 0 Å². The molecule has 1 saturated carbocycles. The molecule has 3 N–H and O–H groups in total. The van der Waals surface area contributed by atoms with E-state index in [1.807, 2.05) is 24.4 Å². The maximum atomic E-state index is 10.0. The summed E-state index contributed by atoms with van der Waals surface area (Å²) < 4.78 is 2.32. The zero-order chi connectivity index (χ0) is 23.3. The van der Waals surface area contributed by atoms with Gasteiger partial charge in [0.25, 0.3) is 0 Å². The molecule has 2 aromatic carbocycles. The summed E-state index contributed by atoms with van der Waals surface area (Å²) in [6.45, 7) is 3.06. The molecule has 2 heterocycles. The van der Waals surface area contributed by atoms with Crippen LogP contribution in [0.4, 0.5) is 17.3 Å². The highest BCUT2D eigenvalue weighted by Crippen LogP contribution is 2.37. The van der Waals surface area contributed by atoms with Crippen LogP contribution >= 0.6 is 0 Å². The van der Waals surface area contributed by atoms with Gasteiger partial charge in [-0.05, 0) is 61.9 Å². The number of aliphatic hydroxyl groups excluding tert-OH is 1. The molecule has 0 bridgehead atoms. The van der Waals surface area contributed by atoms with Crippen LogP contribution in [0.3, 0.4) is 0 Å². The summed E-state index contributed by atoms with van der Waals surface area (Å²) in [5.41, 5.74) is 5.39. The first kappa shape index (κ1) is 22.4. The number of hydrogen-bond acceptors (Lipinski definition) is 5. The summed E-state index contributed by atoms with van der Waals surface area (Å²) >= 11 is 0. The highest BCUT2D eigenvalue weighted by molar-refractivity contribution is 5.94. The Morgan fingerprint density at radius 2 is 1.71 bits per heavy atom. The average molecular weight is 456 g/mol. The molecule has 176 valence electrons. The van der Waals surface area contributed by atoms with E-state index in [1.54, 1.807) is 0 Å². The Morgan fingerprint density at radius 3 is 2.44 bits per heavy atom. The fourth-order valence-corrected chi connectivity index (χ4v) is 4.76. The van der Waals surface area contributed by atoms with Gasteiger partial charge in [0.2, 0.25) is 5.95 Å². The predicted octanol–water partition coefficient (Wildman–Crippen LogP) is 6.53. The predicted molar refractivity (Wildman–Crippen MR) is 140 cm³/mol. The molecule has 0 unspecified atom stereocenters. The summed E-state index contributed by atoms with van der Waals surface area (Å²) in [7, 11) is 0. The quantitative estimate of drug-likeness (QED) is 0.263. The summed E-state index contributed by atoms with van der Waals surface area (Å²) in [4.78, 5) is 9.55. The molecule has 0 saturated heterocycles. The fourth-order valence-electron chi connectivity index (χ4n) is 4.76. The molecule has 6 heteroatoms. The number of rotatable bonds is 8. The van der Waals surface area contributed by atoms with Gasteiger partial charge < -0.3 is 20.3 Å². The van der Waals surface area contributed by atoms with Gasteiger partial charge in [-0.3, -0.25) is 0 Å². The van der Waals surface area contributed by atoms with Crippen molar-refractivity contribution in [3.63, 3.8) is 0 Å². The Bertz CT molecular complexity index is 1210. The van der Waals surface area contributed by atoms with Crippen molar-refractivity contribution in [1.82, 2.24) is 14.5 Å². The van der Waals surface area contributed by atoms with E-state index in [-0.39, 0.29) is 6.10 Å². The molecule has 1 aliphatic carbocycles. The lowest BCUT2D eigenvalue weighted by Crippen LogP contribution is -2.21. The highest BCUT2D eigenvalue weighted by Gasteiger charge is 2.24. The van der Waals surface area contributed by atoms with Gasteiger partial charge in [-0.2, -0.15) is 4.98 Å². The molecule has 0 aliphatic heterocycles. The molecule has 0 radical (unpaired) electrons. The molecular formula is C28H33N5O. The van der Waals surface area contributed by atoms with Gasteiger partial charge in [0, 0.05) is 47.3 Å². The molecule has 1 aliphatic rings. The SMILES string of the molecule is CCCCNc1ncc2c(-c3ccc(Nc4ccccc4)cc3)cn(C3CCC(O)CC3)c2n1. The molecule has 2 aromatic heterocycles. The molecule has 6 nitrogen and oxygen atoms in total. The normalized spacial score (nSPS) is 18.2. The van der Waals surface area contributed by atoms with Crippen molar-refractivity contribution in [2.24, 2.45) is 0 Å². The summed E-state index contributed by atoms with van der Waals surface area (Å²) in [6, 6.07) is 19.1.